The van der Waals surface area contributed by atoms with Gasteiger partial charge in [-0.3, -0.25) is 18.9 Å². The maximum absolute atomic E-state index is 13.4. The molecule has 1 fully saturated rings. The summed E-state index contributed by atoms with van der Waals surface area (Å²) in [5, 5.41) is 19.9. The highest BCUT2D eigenvalue weighted by molar-refractivity contribution is 7.66. The number of aromatic nitrogens is 2. The van der Waals surface area contributed by atoms with Gasteiger partial charge in [0.2, 0.25) is 5.82 Å². The smallest absolute Gasteiger partial charge is 0.387 e. The van der Waals surface area contributed by atoms with Crippen LogP contribution in [0.2, 0.25) is 0 Å². The molecular weight excluding hydrogens is 488 g/mol. The Balaban J connectivity index is 2.09. The molecule has 6 unspecified atom stereocenters. The van der Waals surface area contributed by atoms with Crippen molar-refractivity contribution in [2.75, 3.05) is 6.61 Å². The lowest BCUT2D eigenvalue weighted by atomic mass is 10.1. The summed E-state index contributed by atoms with van der Waals surface area (Å²) in [6, 6.07) is 0. The van der Waals surface area contributed by atoms with Crippen LogP contribution in [0.3, 0.4) is 0 Å². The van der Waals surface area contributed by atoms with Crippen LogP contribution in [0.15, 0.2) is 15.8 Å². The van der Waals surface area contributed by atoms with E-state index in [0.717, 1.165) is 0 Å². The molecule has 6 atom stereocenters. The van der Waals surface area contributed by atoms with Crippen LogP contribution in [0, 0.1) is 5.82 Å². The number of H-pyrrole nitrogens is 1. The van der Waals surface area contributed by atoms with Gasteiger partial charge < -0.3 is 34.5 Å². The van der Waals surface area contributed by atoms with Crippen molar-refractivity contribution >= 4 is 23.5 Å². The number of aromatic amines is 1. The Labute approximate surface area is 163 Å². The molecule has 0 spiro atoms. The van der Waals surface area contributed by atoms with Crippen molar-refractivity contribution in [2.24, 2.45) is 0 Å². The number of phosphoric acid groups is 3. The summed E-state index contributed by atoms with van der Waals surface area (Å²) in [5.74, 6) is -1.43. The number of nitrogens with zero attached hydrogens (tertiary/aromatic N) is 1. The number of phosphoric ester groups is 1. The molecule has 1 aromatic rings. The molecule has 0 aliphatic carbocycles. The summed E-state index contributed by atoms with van der Waals surface area (Å²) in [6.07, 6.45) is -6.95. The minimum absolute atomic E-state index is 0.368. The number of hydrogen-bond acceptors (Lipinski definition) is 11. The van der Waals surface area contributed by atoms with Gasteiger partial charge >= 0.3 is 29.2 Å². The topological polar surface area (TPSA) is 264 Å². The van der Waals surface area contributed by atoms with Crippen LogP contribution in [0.5, 0.6) is 0 Å². The molecule has 1 aliphatic rings. The first kappa shape index (κ1) is 25.2. The van der Waals surface area contributed by atoms with Gasteiger partial charge in [0.05, 0.1) is 12.8 Å². The molecule has 7 N–H and O–H groups in total. The molecular formula is C9H14FN2O15P3. The summed E-state index contributed by atoms with van der Waals surface area (Å²) in [6.45, 7) is -1.14. The van der Waals surface area contributed by atoms with Crippen molar-refractivity contribution < 1.29 is 65.8 Å². The summed E-state index contributed by atoms with van der Waals surface area (Å²) in [7, 11) is -16.9. The van der Waals surface area contributed by atoms with E-state index in [1.54, 1.807) is 4.98 Å². The fraction of sp³-hybridized carbons (Fsp3) is 0.556. The van der Waals surface area contributed by atoms with E-state index in [9.17, 15) is 42.8 Å². The number of aliphatic hydroxyl groups excluding tert-OH is 2. The standard InChI is InChI=1S/C9H14FN2O15P3/c10-3-1-12(9(16)11-7(3)15)8-6(14)5(13)4(25-8)2-24-29(20,21)27-30(22,23)26-28(17,18)19/h1,4-6,8,13-14H,2H2,(H,20,21)(H,22,23)(H,11,15,16)(H2,17,18,19). The van der Waals surface area contributed by atoms with Gasteiger partial charge in [-0.2, -0.15) is 13.0 Å². The lowest BCUT2D eigenvalue weighted by Crippen LogP contribution is -2.38. The molecule has 0 saturated carbocycles. The number of nitrogens with one attached hydrogen (secondary N) is 1. The third kappa shape index (κ3) is 6.45. The van der Waals surface area contributed by atoms with E-state index in [4.69, 9.17) is 19.4 Å². The molecule has 30 heavy (non-hydrogen) atoms. The zero-order valence-corrected chi connectivity index (χ0v) is 16.8. The first-order valence-corrected chi connectivity index (χ1v) is 11.8. The largest absolute Gasteiger partial charge is 0.490 e. The molecule has 0 aromatic carbocycles. The highest BCUT2D eigenvalue weighted by atomic mass is 31.3. The van der Waals surface area contributed by atoms with E-state index < -0.39 is 71.7 Å². The predicted molar refractivity (Wildman–Crippen MR) is 87.0 cm³/mol. The van der Waals surface area contributed by atoms with Gasteiger partial charge in [0.15, 0.2) is 6.23 Å². The van der Waals surface area contributed by atoms with E-state index >= 15 is 0 Å². The van der Waals surface area contributed by atoms with Crippen molar-refractivity contribution in [3.63, 3.8) is 0 Å². The van der Waals surface area contributed by atoms with Crippen molar-refractivity contribution in [1.29, 1.82) is 0 Å². The molecule has 17 nitrogen and oxygen atoms in total. The number of ether oxygens (including phenoxy) is 1. The maximum Gasteiger partial charge on any atom is 0.490 e. The number of hydrogen-bond donors (Lipinski definition) is 7. The summed E-state index contributed by atoms with van der Waals surface area (Å²) in [5.41, 5.74) is -2.60. The summed E-state index contributed by atoms with van der Waals surface area (Å²) < 4.78 is 63.4. The Morgan fingerprint density at radius 1 is 1.07 bits per heavy atom. The van der Waals surface area contributed by atoms with Crippen LogP contribution in [0.4, 0.5) is 4.39 Å². The Kier molecular flexibility index (Phi) is 7.38. The fourth-order valence-electron chi connectivity index (χ4n) is 2.22. The second-order valence-corrected chi connectivity index (χ2v) is 10.00. The SMILES string of the molecule is O=c1[nH]c(=O)n(C2OC(COP(=O)(O)OP(=O)(O)OP(=O)(O)O)C(O)C2O)cc1F. The van der Waals surface area contributed by atoms with Crippen LogP contribution in [-0.4, -0.2) is 64.3 Å². The zero-order valence-electron chi connectivity index (χ0n) is 14.1. The molecule has 172 valence electrons. The molecule has 1 aromatic heterocycles. The first-order chi connectivity index (χ1) is 13.5. The van der Waals surface area contributed by atoms with E-state index in [-0.39, 0.29) is 0 Å². The van der Waals surface area contributed by atoms with E-state index in [2.05, 4.69) is 13.1 Å². The van der Waals surface area contributed by atoms with Crippen molar-refractivity contribution in [1.82, 2.24) is 9.55 Å². The predicted octanol–water partition coefficient (Wildman–Crippen LogP) is -2.36. The van der Waals surface area contributed by atoms with Crippen molar-refractivity contribution in [2.45, 2.75) is 24.5 Å². The molecule has 2 rings (SSSR count). The molecule has 1 aliphatic heterocycles. The normalized spacial score (nSPS) is 28.8. The second-order valence-electron chi connectivity index (χ2n) is 5.58. The third-order valence-electron chi connectivity index (χ3n) is 3.35. The van der Waals surface area contributed by atoms with Gasteiger partial charge in [0, 0.05) is 0 Å². The fourth-order valence-corrected chi connectivity index (χ4v) is 5.25. The highest BCUT2D eigenvalue weighted by Gasteiger charge is 2.46. The molecule has 21 heteroatoms. The number of aliphatic hydroxyl groups is 2. The highest BCUT2D eigenvalue weighted by Crippen LogP contribution is 2.66. The Morgan fingerprint density at radius 3 is 2.23 bits per heavy atom. The molecule has 2 heterocycles. The lowest BCUT2D eigenvalue weighted by molar-refractivity contribution is -0.0546. The minimum Gasteiger partial charge on any atom is -0.387 e. The molecule has 0 bridgehead atoms. The Hall–Kier alpha value is -1.10. The number of rotatable bonds is 8. The summed E-state index contributed by atoms with van der Waals surface area (Å²) in [4.78, 5) is 59.5. The van der Waals surface area contributed by atoms with Gasteiger partial charge in [-0.05, 0) is 0 Å². The maximum atomic E-state index is 13.4. The van der Waals surface area contributed by atoms with E-state index in [1.807, 2.05) is 0 Å². The monoisotopic (exact) mass is 502 g/mol. The van der Waals surface area contributed by atoms with Crippen LogP contribution in [0.25, 0.3) is 0 Å². The second kappa shape index (κ2) is 8.80. The van der Waals surface area contributed by atoms with Gasteiger partial charge in [-0.15, -0.1) is 0 Å². The molecule has 1 saturated heterocycles. The molecule has 0 amide bonds. The van der Waals surface area contributed by atoms with Gasteiger partial charge in [-0.25, -0.2) is 18.5 Å². The van der Waals surface area contributed by atoms with Gasteiger partial charge in [0.25, 0.3) is 5.56 Å². The van der Waals surface area contributed by atoms with E-state index in [0.29, 0.717) is 10.8 Å². The van der Waals surface area contributed by atoms with Crippen molar-refractivity contribution in [3.8, 4) is 0 Å². The van der Waals surface area contributed by atoms with Crippen LogP contribution >= 0.6 is 23.5 Å². The van der Waals surface area contributed by atoms with Crippen LogP contribution < -0.4 is 11.2 Å². The zero-order chi connectivity index (χ0) is 23.1. The Morgan fingerprint density at radius 2 is 1.67 bits per heavy atom. The average Bonchev–Trinajstić information content (AvgIpc) is 2.81. The lowest BCUT2D eigenvalue weighted by Gasteiger charge is -2.19. The van der Waals surface area contributed by atoms with Crippen LogP contribution in [0.1, 0.15) is 6.23 Å². The van der Waals surface area contributed by atoms with Crippen molar-refractivity contribution in [3.05, 3.63) is 32.9 Å². The van der Waals surface area contributed by atoms with Gasteiger partial charge in [0.1, 0.15) is 18.3 Å². The first-order valence-electron chi connectivity index (χ1n) is 7.32. The molecule has 0 radical (unpaired) electrons. The summed E-state index contributed by atoms with van der Waals surface area (Å²) >= 11 is 0. The Bertz CT molecular complexity index is 1050. The third-order valence-corrected chi connectivity index (χ3v) is 7.16. The minimum atomic E-state index is -5.78. The van der Waals surface area contributed by atoms with E-state index in [1.165, 1.54) is 0 Å². The number of halogens is 1. The quantitative estimate of drug-likeness (QED) is 0.183. The van der Waals surface area contributed by atoms with Crippen LogP contribution in [-0.2, 0) is 31.6 Å². The van der Waals surface area contributed by atoms with Gasteiger partial charge in [-0.1, -0.05) is 0 Å². The average molecular weight is 502 g/mol.